The highest BCUT2D eigenvalue weighted by Crippen LogP contribution is 2.42. The van der Waals surface area contributed by atoms with Gasteiger partial charge >= 0.3 is 0 Å². The first-order valence-corrected chi connectivity index (χ1v) is 9.66. The molecular weight excluding hydrogens is 360 g/mol. The van der Waals surface area contributed by atoms with Crippen LogP contribution in [0.4, 0.5) is 5.95 Å². The number of benzene rings is 1. The SMILES string of the molecule is CC(O)(c1ccc2nc(C3CC3)n(-c3ccnc(N)n3)c2c1)c1nccs1. The van der Waals surface area contributed by atoms with Crippen LogP contribution in [-0.2, 0) is 5.60 Å². The third kappa shape index (κ3) is 2.68. The Morgan fingerprint density at radius 2 is 2.04 bits per heavy atom. The van der Waals surface area contributed by atoms with E-state index in [0.717, 1.165) is 35.3 Å². The minimum atomic E-state index is -1.18. The molecule has 0 saturated heterocycles. The molecule has 0 amide bonds. The Hall–Kier alpha value is -2.84. The fraction of sp³-hybridized carbons (Fsp3) is 0.263. The van der Waals surface area contributed by atoms with Crippen molar-refractivity contribution < 1.29 is 5.11 Å². The number of nitrogens with two attached hydrogens (primary N) is 1. The normalized spacial score (nSPS) is 16.5. The molecule has 5 rings (SSSR count). The van der Waals surface area contributed by atoms with E-state index in [4.69, 9.17) is 10.7 Å². The van der Waals surface area contributed by atoms with Crippen molar-refractivity contribution in [3.63, 3.8) is 0 Å². The molecule has 1 aliphatic rings. The third-order valence-electron chi connectivity index (χ3n) is 4.92. The number of hydrogen-bond acceptors (Lipinski definition) is 7. The fourth-order valence-electron chi connectivity index (χ4n) is 3.33. The van der Waals surface area contributed by atoms with Crippen LogP contribution in [0, 0.1) is 0 Å². The van der Waals surface area contributed by atoms with Crippen LogP contribution >= 0.6 is 11.3 Å². The molecule has 0 spiro atoms. The van der Waals surface area contributed by atoms with Crippen molar-refractivity contribution in [1.29, 1.82) is 0 Å². The second-order valence-electron chi connectivity index (χ2n) is 6.97. The van der Waals surface area contributed by atoms with E-state index >= 15 is 0 Å². The molecule has 1 saturated carbocycles. The number of imidazole rings is 1. The van der Waals surface area contributed by atoms with Crippen molar-refractivity contribution >= 4 is 28.3 Å². The molecule has 1 fully saturated rings. The Balaban J connectivity index is 1.74. The highest BCUT2D eigenvalue weighted by atomic mass is 32.1. The van der Waals surface area contributed by atoms with E-state index in [0.29, 0.717) is 16.7 Å². The monoisotopic (exact) mass is 378 g/mol. The summed E-state index contributed by atoms with van der Waals surface area (Å²) < 4.78 is 2.03. The number of hydrogen-bond donors (Lipinski definition) is 2. The number of anilines is 1. The zero-order chi connectivity index (χ0) is 18.6. The predicted octanol–water partition coefficient (Wildman–Crippen LogP) is 2.99. The van der Waals surface area contributed by atoms with Gasteiger partial charge in [0.2, 0.25) is 5.95 Å². The molecule has 7 nitrogen and oxygen atoms in total. The minimum absolute atomic E-state index is 0.224. The molecule has 3 heterocycles. The van der Waals surface area contributed by atoms with Crippen molar-refractivity contribution in [2.24, 2.45) is 0 Å². The average molecular weight is 378 g/mol. The van der Waals surface area contributed by atoms with Crippen molar-refractivity contribution in [2.75, 3.05) is 5.73 Å². The number of nitrogen functional groups attached to an aromatic ring is 1. The van der Waals surface area contributed by atoms with Gasteiger partial charge in [-0.1, -0.05) is 6.07 Å². The summed E-state index contributed by atoms with van der Waals surface area (Å²) in [7, 11) is 0. The molecule has 8 heteroatoms. The van der Waals surface area contributed by atoms with E-state index in [1.54, 1.807) is 19.3 Å². The molecular formula is C19H18N6OS. The number of rotatable bonds is 4. The molecule has 1 aromatic carbocycles. The number of aliphatic hydroxyl groups is 1. The molecule has 0 aliphatic heterocycles. The van der Waals surface area contributed by atoms with E-state index in [9.17, 15) is 5.11 Å². The minimum Gasteiger partial charge on any atom is -0.378 e. The summed E-state index contributed by atoms with van der Waals surface area (Å²) in [6.07, 6.45) is 5.59. The van der Waals surface area contributed by atoms with Crippen LogP contribution in [0.1, 0.15) is 42.1 Å². The summed E-state index contributed by atoms with van der Waals surface area (Å²) in [6, 6.07) is 7.65. The van der Waals surface area contributed by atoms with E-state index in [1.807, 2.05) is 34.2 Å². The van der Waals surface area contributed by atoms with Gasteiger partial charge in [-0.2, -0.15) is 4.98 Å². The maximum Gasteiger partial charge on any atom is 0.221 e. The number of nitrogens with zero attached hydrogens (tertiary/aromatic N) is 5. The van der Waals surface area contributed by atoms with Crippen LogP contribution < -0.4 is 5.73 Å². The smallest absolute Gasteiger partial charge is 0.221 e. The molecule has 1 atom stereocenters. The lowest BCUT2D eigenvalue weighted by Crippen LogP contribution is -2.22. The van der Waals surface area contributed by atoms with Gasteiger partial charge in [0.15, 0.2) is 0 Å². The Kier molecular flexibility index (Phi) is 3.53. The largest absolute Gasteiger partial charge is 0.378 e. The number of thiazole rings is 1. The van der Waals surface area contributed by atoms with Gasteiger partial charge in [-0.25, -0.2) is 15.0 Å². The quantitative estimate of drug-likeness (QED) is 0.566. The van der Waals surface area contributed by atoms with Crippen LogP contribution in [0.3, 0.4) is 0 Å². The molecule has 27 heavy (non-hydrogen) atoms. The predicted molar refractivity (Wildman–Crippen MR) is 104 cm³/mol. The Bertz CT molecular complexity index is 1130. The van der Waals surface area contributed by atoms with Gasteiger partial charge in [0.05, 0.1) is 11.0 Å². The van der Waals surface area contributed by atoms with Crippen molar-refractivity contribution in [1.82, 2.24) is 24.5 Å². The Labute approximate surface area is 159 Å². The molecule has 0 bridgehead atoms. The highest BCUT2D eigenvalue weighted by Gasteiger charge is 2.32. The fourth-order valence-corrected chi connectivity index (χ4v) is 4.05. The van der Waals surface area contributed by atoms with Gasteiger partial charge < -0.3 is 10.8 Å². The van der Waals surface area contributed by atoms with Gasteiger partial charge in [0.1, 0.15) is 22.3 Å². The molecule has 136 valence electrons. The van der Waals surface area contributed by atoms with Crippen molar-refractivity contribution in [2.45, 2.75) is 31.3 Å². The Morgan fingerprint density at radius 1 is 1.19 bits per heavy atom. The van der Waals surface area contributed by atoms with Gasteiger partial charge in [-0.3, -0.25) is 4.57 Å². The average Bonchev–Trinajstić information content (AvgIpc) is 3.19. The van der Waals surface area contributed by atoms with Gasteiger partial charge in [-0.05, 0) is 43.5 Å². The third-order valence-corrected chi connectivity index (χ3v) is 5.91. The molecule has 0 radical (unpaired) electrons. The zero-order valence-electron chi connectivity index (χ0n) is 14.7. The second kappa shape index (κ2) is 5.83. The maximum atomic E-state index is 11.1. The maximum absolute atomic E-state index is 11.1. The lowest BCUT2D eigenvalue weighted by atomic mass is 9.96. The first-order chi connectivity index (χ1) is 13.0. The lowest BCUT2D eigenvalue weighted by molar-refractivity contribution is 0.102. The van der Waals surface area contributed by atoms with Gasteiger partial charge in [0.25, 0.3) is 0 Å². The number of fused-ring (bicyclic) bond motifs is 1. The summed E-state index contributed by atoms with van der Waals surface area (Å²) >= 11 is 1.43. The zero-order valence-corrected chi connectivity index (χ0v) is 15.5. The molecule has 1 unspecified atom stereocenters. The number of aromatic nitrogens is 5. The summed E-state index contributed by atoms with van der Waals surface area (Å²) in [6.45, 7) is 1.76. The van der Waals surface area contributed by atoms with E-state index in [-0.39, 0.29) is 5.95 Å². The first-order valence-electron chi connectivity index (χ1n) is 8.78. The lowest BCUT2D eigenvalue weighted by Gasteiger charge is -2.21. The summed E-state index contributed by atoms with van der Waals surface area (Å²) in [5, 5.41) is 13.6. The molecule has 4 aromatic rings. The van der Waals surface area contributed by atoms with Crippen LogP contribution in [-0.4, -0.2) is 29.6 Å². The van der Waals surface area contributed by atoms with Gasteiger partial charge in [0, 0.05) is 23.7 Å². The van der Waals surface area contributed by atoms with Crippen molar-refractivity contribution in [3.8, 4) is 5.82 Å². The van der Waals surface area contributed by atoms with Crippen molar-refractivity contribution in [3.05, 3.63) is 58.4 Å². The second-order valence-corrected chi connectivity index (χ2v) is 7.86. The first kappa shape index (κ1) is 16.3. The Morgan fingerprint density at radius 3 is 2.74 bits per heavy atom. The van der Waals surface area contributed by atoms with Crippen LogP contribution in [0.5, 0.6) is 0 Å². The molecule has 3 aromatic heterocycles. The summed E-state index contributed by atoms with van der Waals surface area (Å²) in [5.74, 6) is 2.32. The van der Waals surface area contributed by atoms with E-state index < -0.39 is 5.60 Å². The highest BCUT2D eigenvalue weighted by molar-refractivity contribution is 7.09. The van der Waals surface area contributed by atoms with Gasteiger partial charge in [-0.15, -0.1) is 11.3 Å². The standard InChI is InChI=1S/C19H18N6OS/c1-19(26,17-21-8-9-27-17)12-4-5-13-14(10-12)25(16(23-13)11-2-3-11)15-6-7-22-18(20)24-15/h4-11,26H,2-3H2,1H3,(H2,20,22,24). The summed E-state index contributed by atoms with van der Waals surface area (Å²) in [4.78, 5) is 17.5. The van der Waals surface area contributed by atoms with E-state index in [1.165, 1.54) is 11.3 Å². The van der Waals surface area contributed by atoms with Crippen LogP contribution in [0.15, 0.2) is 42.0 Å². The topological polar surface area (TPSA) is 103 Å². The molecule has 3 N–H and O–H groups in total. The van der Waals surface area contributed by atoms with Crippen LogP contribution in [0.2, 0.25) is 0 Å². The van der Waals surface area contributed by atoms with E-state index in [2.05, 4.69) is 15.0 Å². The van der Waals surface area contributed by atoms with Crippen LogP contribution in [0.25, 0.3) is 16.9 Å². The molecule has 1 aliphatic carbocycles. The summed E-state index contributed by atoms with van der Waals surface area (Å²) in [5.41, 5.74) is 7.15.